The molecule has 9 heteroatoms. The molecule has 0 radical (unpaired) electrons. The van der Waals surface area contributed by atoms with Crippen molar-refractivity contribution in [3.63, 3.8) is 0 Å². The minimum Gasteiger partial charge on any atom is -0.340 e. The van der Waals surface area contributed by atoms with Crippen LogP contribution >= 0.6 is 24.0 Å². The van der Waals surface area contributed by atoms with E-state index in [1.165, 1.54) is 6.33 Å². The van der Waals surface area contributed by atoms with Crippen molar-refractivity contribution in [2.24, 2.45) is 0 Å². The van der Waals surface area contributed by atoms with Gasteiger partial charge in [0.15, 0.2) is 9.84 Å². The van der Waals surface area contributed by atoms with Gasteiger partial charge in [0, 0.05) is 22.5 Å². The van der Waals surface area contributed by atoms with E-state index in [0.29, 0.717) is 22.3 Å². The molecule has 0 aliphatic carbocycles. The standard InChI is InChI=1S/C19H19ClN4O2S.ClH/c1-3-27(25,26)16-6-4-5-14(10-16)23-18-11-19(22-12-21-18)24-15-7-8-17(20)13(2)9-15;/h4-12H,3H2,1-2H3,(H2,21,22,23,24);1H. The topological polar surface area (TPSA) is 84.0 Å². The summed E-state index contributed by atoms with van der Waals surface area (Å²) in [4.78, 5) is 8.67. The fraction of sp³-hybridized carbons (Fsp3) is 0.158. The molecule has 0 unspecified atom stereocenters. The largest absolute Gasteiger partial charge is 0.340 e. The van der Waals surface area contributed by atoms with Crippen LogP contribution in [0.3, 0.4) is 0 Å². The molecule has 28 heavy (non-hydrogen) atoms. The number of benzene rings is 2. The summed E-state index contributed by atoms with van der Waals surface area (Å²) in [5.74, 6) is 1.20. The van der Waals surface area contributed by atoms with Gasteiger partial charge in [-0.05, 0) is 48.9 Å². The summed E-state index contributed by atoms with van der Waals surface area (Å²) in [5, 5.41) is 7.01. The van der Waals surface area contributed by atoms with Crippen molar-refractivity contribution in [2.45, 2.75) is 18.7 Å². The summed E-state index contributed by atoms with van der Waals surface area (Å²) in [6, 6.07) is 14.0. The molecule has 0 spiro atoms. The molecule has 2 N–H and O–H groups in total. The van der Waals surface area contributed by atoms with Crippen LogP contribution in [0.5, 0.6) is 0 Å². The zero-order chi connectivity index (χ0) is 19.4. The second-order valence-corrected chi connectivity index (χ2v) is 8.62. The number of aryl methyl sites for hydroxylation is 1. The van der Waals surface area contributed by atoms with Gasteiger partial charge in [0.1, 0.15) is 18.0 Å². The van der Waals surface area contributed by atoms with Crippen LogP contribution in [0, 0.1) is 6.92 Å². The number of nitrogens with zero attached hydrogens (tertiary/aromatic N) is 2. The number of aromatic nitrogens is 2. The lowest BCUT2D eigenvalue weighted by Crippen LogP contribution is -2.04. The molecule has 148 valence electrons. The Labute approximate surface area is 175 Å². The predicted molar refractivity (Wildman–Crippen MR) is 116 cm³/mol. The van der Waals surface area contributed by atoms with Crippen molar-refractivity contribution in [3.05, 3.63) is 65.4 Å². The van der Waals surface area contributed by atoms with Crippen molar-refractivity contribution >= 4 is 56.9 Å². The molecule has 0 saturated heterocycles. The Morgan fingerprint density at radius 1 is 0.964 bits per heavy atom. The Kier molecular flexibility index (Phi) is 7.23. The molecule has 0 aliphatic heterocycles. The maximum atomic E-state index is 12.0. The molecule has 6 nitrogen and oxygen atoms in total. The fourth-order valence-electron chi connectivity index (χ4n) is 2.45. The Bertz CT molecular complexity index is 1080. The van der Waals surface area contributed by atoms with Crippen LogP contribution in [-0.2, 0) is 9.84 Å². The first kappa shape index (κ1) is 21.9. The zero-order valence-corrected chi connectivity index (χ0v) is 17.7. The SMILES string of the molecule is CCS(=O)(=O)c1cccc(Nc2cc(Nc3ccc(Cl)c(C)c3)ncn2)c1.Cl. The third kappa shape index (κ3) is 5.34. The number of hydrogen-bond acceptors (Lipinski definition) is 6. The predicted octanol–water partition coefficient (Wildman–Crippen LogP) is 5.14. The van der Waals surface area contributed by atoms with E-state index in [0.717, 1.165) is 11.3 Å². The monoisotopic (exact) mass is 438 g/mol. The average Bonchev–Trinajstić information content (AvgIpc) is 2.65. The number of rotatable bonds is 6. The average molecular weight is 439 g/mol. The number of nitrogens with one attached hydrogen (secondary N) is 2. The first-order valence-electron chi connectivity index (χ1n) is 8.32. The lowest BCUT2D eigenvalue weighted by molar-refractivity contribution is 0.597. The van der Waals surface area contributed by atoms with E-state index in [1.54, 1.807) is 37.3 Å². The molecule has 0 saturated carbocycles. The summed E-state index contributed by atoms with van der Waals surface area (Å²) in [6.07, 6.45) is 1.43. The van der Waals surface area contributed by atoms with Gasteiger partial charge in [-0.25, -0.2) is 18.4 Å². The molecule has 3 rings (SSSR count). The molecule has 0 fully saturated rings. The van der Waals surface area contributed by atoms with E-state index in [4.69, 9.17) is 11.6 Å². The third-order valence-electron chi connectivity index (χ3n) is 3.94. The minimum absolute atomic E-state index is 0. The van der Waals surface area contributed by atoms with Gasteiger partial charge in [-0.3, -0.25) is 0 Å². The first-order valence-corrected chi connectivity index (χ1v) is 10.4. The molecule has 2 aromatic carbocycles. The zero-order valence-electron chi connectivity index (χ0n) is 15.3. The van der Waals surface area contributed by atoms with Crippen LogP contribution in [0.4, 0.5) is 23.0 Å². The van der Waals surface area contributed by atoms with Gasteiger partial charge in [-0.2, -0.15) is 0 Å². The van der Waals surface area contributed by atoms with Gasteiger partial charge < -0.3 is 10.6 Å². The summed E-state index contributed by atoms with van der Waals surface area (Å²) in [7, 11) is -3.27. The lowest BCUT2D eigenvalue weighted by Gasteiger charge is -2.10. The highest BCUT2D eigenvalue weighted by Gasteiger charge is 2.12. The molecule has 0 aliphatic rings. The Balaban J connectivity index is 0.00000280. The van der Waals surface area contributed by atoms with E-state index in [9.17, 15) is 8.42 Å². The van der Waals surface area contributed by atoms with Gasteiger partial charge in [0.25, 0.3) is 0 Å². The van der Waals surface area contributed by atoms with Gasteiger partial charge in [0.05, 0.1) is 10.6 Å². The third-order valence-corrected chi connectivity index (χ3v) is 6.10. The lowest BCUT2D eigenvalue weighted by atomic mass is 10.2. The normalized spacial score (nSPS) is 10.8. The second kappa shape index (κ2) is 9.23. The summed E-state index contributed by atoms with van der Waals surface area (Å²) >= 11 is 6.05. The van der Waals surface area contributed by atoms with Crippen LogP contribution in [0.2, 0.25) is 5.02 Å². The smallest absolute Gasteiger partial charge is 0.178 e. The molecular formula is C19H20Cl2N4O2S. The van der Waals surface area contributed by atoms with Gasteiger partial charge in [-0.15, -0.1) is 12.4 Å². The molecule has 1 aromatic heterocycles. The van der Waals surface area contributed by atoms with Crippen LogP contribution in [0.15, 0.2) is 59.8 Å². The van der Waals surface area contributed by atoms with Crippen LogP contribution in [0.1, 0.15) is 12.5 Å². The molecule has 1 heterocycles. The highest BCUT2D eigenvalue weighted by Crippen LogP contribution is 2.24. The Hall–Kier alpha value is -2.35. The van der Waals surface area contributed by atoms with Crippen molar-refractivity contribution in [1.29, 1.82) is 0 Å². The summed E-state index contributed by atoms with van der Waals surface area (Å²) in [5.41, 5.74) is 2.46. The van der Waals surface area contributed by atoms with E-state index >= 15 is 0 Å². The maximum absolute atomic E-state index is 12.0. The van der Waals surface area contributed by atoms with Gasteiger partial charge >= 0.3 is 0 Å². The Morgan fingerprint density at radius 2 is 1.61 bits per heavy atom. The quantitative estimate of drug-likeness (QED) is 0.553. The summed E-state index contributed by atoms with van der Waals surface area (Å²) < 4.78 is 24.1. The molecule has 0 atom stereocenters. The second-order valence-electron chi connectivity index (χ2n) is 5.93. The highest BCUT2D eigenvalue weighted by molar-refractivity contribution is 7.91. The van der Waals surface area contributed by atoms with E-state index in [-0.39, 0.29) is 23.1 Å². The number of halogens is 2. The summed E-state index contributed by atoms with van der Waals surface area (Å²) in [6.45, 7) is 3.55. The van der Waals surface area contributed by atoms with E-state index in [2.05, 4.69) is 20.6 Å². The minimum atomic E-state index is -3.27. The van der Waals surface area contributed by atoms with Crippen molar-refractivity contribution in [1.82, 2.24) is 9.97 Å². The highest BCUT2D eigenvalue weighted by atomic mass is 35.5. The van der Waals surface area contributed by atoms with E-state index in [1.807, 2.05) is 25.1 Å². The van der Waals surface area contributed by atoms with Gasteiger partial charge in [0.2, 0.25) is 0 Å². The van der Waals surface area contributed by atoms with Crippen molar-refractivity contribution < 1.29 is 8.42 Å². The number of hydrogen-bond donors (Lipinski definition) is 2. The molecule has 0 bridgehead atoms. The van der Waals surface area contributed by atoms with E-state index < -0.39 is 9.84 Å². The van der Waals surface area contributed by atoms with Crippen molar-refractivity contribution in [2.75, 3.05) is 16.4 Å². The number of anilines is 4. The van der Waals surface area contributed by atoms with Crippen LogP contribution in [-0.4, -0.2) is 24.1 Å². The molecular weight excluding hydrogens is 419 g/mol. The van der Waals surface area contributed by atoms with Gasteiger partial charge in [-0.1, -0.05) is 24.6 Å². The fourth-order valence-corrected chi connectivity index (χ4v) is 3.49. The molecule has 0 amide bonds. The van der Waals surface area contributed by atoms with Crippen molar-refractivity contribution in [3.8, 4) is 0 Å². The maximum Gasteiger partial charge on any atom is 0.178 e. The molecule has 3 aromatic rings. The first-order chi connectivity index (χ1) is 12.9. The Morgan fingerprint density at radius 3 is 2.21 bits per heavy atom. The number of sulfone groups is 1. The van der Waals surface area contributed by atoms with Crippen LogP contribution in [0.25, 0.3) is 0 Å². The van der Waals surface area contributed by atoms with Crippen LogP contribution < -0.4 is 10.6 Å².